The van der Waals surface area contributed by atoms with Gasteiger partial charge in [0.25, 0.3) is 5.91 Å². The fourth-order valence-corrected chi connectivity index (χ4v) is 2.59. The van der Waals surface area contributed by atoms with E-state index in [4.69, 9.17) is 4.74 Å². The van der Waals surface area contributed by atoms with E-state index >= 15 is 0 Å². The van der Waals surface area contributed by atoms with E-state index in [2.05, 4.69) is 5.32 Å². The van der Waals surface area contributed by atoms with E-state index < -0.39 is 18.6 Å². The third kappa shape index (κ3) is 3.92. The van der Waals surface area contributed by atoms with Gasteiger partial charge in [0.05, 0.1) is 18.8 Å². The Labute approximate surface area is 141 Å². The first-order valence-electron chi connectivity index (χ1n) is 8.21. The lowest BCUT2D eigenvalue weighted by atomic mass is 9.96. The molecule has 0 unspecified atom stereocenters. The van der Waals surface area contributed by atoms with Crippen molar-refractivity contribution in [1.29, 1.82) is 0 Å². The maximum absolute atomic E-state index is 12.8. The van der Waals surface area contributed by atoms with Crippen LogP contribution >= 0.6 is 0 Å². The number of amides is 1. The summed E-state index contributed by atoms with van der Waals surface area (Å²) < 4.78 is 5.01. The number of esters is 1. The molecule has 1 atom stereocenters. The molecule has 0 saturated carbocycles. The van der Waals surface area contributed by atoms with E-state index in [0.717, 1.165) is 16.3 Å². The molecule has 0 aliphatic heterocycles. The molecule has 24 heavy (non-hydrogen) atoms. The van der Waals surface area contributed by atoms with Crippen molar-refractivity contribution in [3.05, 3.63) is 47.5 Å². The molecular formula is C19H23NO4. The van der Waals surface area contributed by atoms with Gasteiger partial charge in [0.1, 0.15) is 0 Å². The van der Waals surface area contributed by atoms with Gasteiger partial charge in [0, 0.05) is 0 Å². The van der Waals surface area contributed by atoms with Crippen molar-refractivity contribution in [2.75, 3.05) is 13.2 Å². The molecule has 0 aromatic heterocycles. The third-order valence-electron chi connectivity index (χ3n) is 3.84. The van der Waals surface area contributed by atoms with Gasteiger partial charge in [0.15, 0.2) is 6.04 Å². The minimum absolute atomic E-state index is 0.264. The second-order valence-electron chi connectivity index (χ2n) is 5.55. The van der Waals surface area contributed by atoms with Crippen molar-refractivity contribution >= 4 is 22.6 Å². The molecule has 2 aromatic carbocycles. The Morgan fingerprint density at radius 2 is 1.92 bits per heavy atom. The zero-order valence-corrected chi connectivity index (χ0v) is 14.0. The first kappa shape index (κ1) is 17.9. The van der Waals surface area contributed by atoms with Crippen LogP contribution in [0.4, 0.5) is 0 Å². The maximum atomic E-state index is 12.8. The number of ether oxygens (including phenoxy) is 1. The number of aliphatic hydroxyl groups is 1. The summed E-state index contributed by atoms with van der Waals surface area (Å²) in [7, 11) is 0. The average molecular weight is 329 g/mol. The Balaban J connectivity index is 2.31. The Morgan fingerprint density at radius 1 is 1.17 bits per heavy atom. The number of carbonyl (C=O) groups excluding carboxylic acids is 2. The van der Waals surface area contributed by atoms with Gasteiger partial charge in [-0.3, -0.25) is 4.79 Å². The number of aliphatic hydroxyl groups excluding tert-OH is 1. The molecule has 0 heterocycles. The van der Waals surface area contributed by atoms with Crippen molar-refractivity contribution in [1.82, 2.24) is 5.32 Å². The fraction of sp³-hybridized carbons (Fsp3) is 0.368. The molecule has 0 fully saturated rings. The van der Waals surface area contributed by atoms with Crippen LogP contribution in [0, 0.1) is 0 Å². The summed E-state index contributed by atoms with van der Waals surface area (Å²) in [5, 5.41) is 13.8. The SMILES string of the molecule is CCCOC(=O)[C@H](CO)NC(=O)c1c(CC)ccc2ccccc12. The van der Waals surface area contributed by atoms with E-state index in [9.17, 15) is 14.7 Å². The van der Waals surface area contributed by atoms with Crippen LogP contribution in [-0.4, -0.2) is 36.2 Å². The lowest BCUT2D eigenvalue weighted by Crippen LogP contribution is -2.44. The predicted octanol–water partition coefficient (Wildman–Crippen LogP) is 2.45. The van der Waals surface area contributed by atoms with Crippen molar-refractivity contribution in [2.45, 2.75) is 32.7 Å². The normalized spacial score (nSPS) is 12.0. The third-order valence-corrected chi connectivity index (χ3v) is 3.84. The number of hydrogen-bond donors (Lipinski definition) is 2. The molecule has 2 rings (SSSR count). The topological polar surface area (TPSA) is 75.6 Å². The average Bonchev–Trinajstić information content (AvgIpc) is 2.62. The molecule has 5 heteroatoms. The fourth-order valence-electron chi connectivity index (χ4n) is 2.59. The van der Waals surface area contributed by atoms with Gasteiger partial charge >= 0.3 is 5.97 Å². The van der Waals surface area contributed by atoms with Gasteiger partial charge < -0.3 is 15.2 Å². The molecule has 0 bridgehead atoms. The van der Waals surface area contributed by atoms with Crippen molar-refractivity contribution in [3.63, 3.8) is 0 Å². The first-order valence-corrected chi connectivity index (χ1v) is 8.21. The highest BCUT2D eigenvalue weighted by Gasteiger charge is 2.24. The lowest BCUT2D eigenvalue weighted by molar-refractivity contribution is -0.146. The summed E-state index contributed by atoms with van der Waals surface area (Å²) in [6.45, 7) is 3.61. The molecule has 2 N–H and O–H groups in total. The number of aryl methyl sites for hydroxylation is 1. The minimum atomic E-state index is -1.06. The molecule has 0 spiro atoms. The standard InChI is InChI=1S/C19H23NO4/c1-3-11-24-19(23)16(12-21)20-18(22)17-13(4-2)9-10-14-7-5-6-8-15(14)17/h5-10,16,21H,3-4,11-12H2,1-2H3,(H,20,22)/t16-/m0/s1. The number of benzene rings is 2. The first-order chi connectivity index (χ1) is 11.6. The van der Waals surface area contributed by atoms with Crippen LogP contribution in [0.3, 0.4) is 0 Å². The predicted molar refractivity (Wildman–Crippen MR) is 92.9 cm³/mol. The van der Waals surface area contributed by atoms with E-state index in [-0.39, 0.29) is 12.5 Å². The molecule has 0 aliphatic rings. The number of carbonyl (C=O) groups is 2. The lowest BCUT2D eigenvalue weighted by Gasteiger charge is -2.17. The summed E-state index contributed by atoms with van der Waals surface area (Å²) in [5.74, 6) is -0.998. The summed E-state index contributed by atoms with van der Waals surface area (Å²) in [4.78, 5) is 24.7. The van der Waals surface area contributed by atoms with Crippen molar-refractivity contribution in [2.24, 2.45) is 0 Å². The summed E-state index contributed by atoms with van der Waals surface area (Å²) in [6, 6.07) is 10.4. The smallest absolute Gasteiger partial charge is 0.331 e. The zero-order valence-electron chi connectivity index (χ0n) is 14.0. The van der Waals surface area contributed by atoms with Gasteiger partial charge in [-0.25, -0.2) is 4.79 Å². The molecule has 0 aliphatic carbocycles. The number of nitrogens with one attached hydrogen (secondary N) is 1. The van der Waals surface area contributed by atoms with Gasteiger partial charge in [-0.1, -0.05) is 50.2 Å². The van der Waals surface area contributed by atoms with Crippen LogP contribution in [0.2, 0.25) is 0 Å². The minimum Gasteiger partial charge on any atom is -0.464 e. The Morgan fingerprint density at radius 3 is 2.58 bits per heavy atom. The zero-order chi connectivity index (χ0) is 17.5. The highest BCUT2D eigenvalue weighted by Crippen LogP contribution is 2.23. The molecule has 0 radical (unpaired) electrons. The van der Waals surface area contributed by atoms with E-state index in [1.165, 1.54) is 0 Å². The summed E-state index contributed by atoms with van der Waals surface area (Å²) >= 11 is 0. The van der Waals surface area contributed by atoms with Gasteiger partial charge in [-0.2, -0.15) is 0 Å². The quantitative estimate of drug-likeness (QED) is 0.765. The van der Waals surface area contributed by atoms with Crippen molar-refractivity contribution < 1.29 is 19.4 Å². The van der Waals surface area contributed by atoms with Crippen LogP contribution in [0.15, 0.2) is 36.4 Å². The largest absolute Gasteiger partial charge is 0.464 e. The van der Waals surface area contributed by atoms with Crippen LogP contribution in [0.5, 0.6) is 0 Å². The Hall–Kier alpha value is -2.40. The maximum Gasteiger partial charge on any atom is 0.331 e. The second kappa shape index (κ2) is 8.45. The van der Waals surface area contributed by atoms with E-state index in [1.807, 2.05) is 50.2 Å². The molecular weight excluding hydrogens is 306 g/mol. The Kier molecular flexibility index (Phi) is 6.32. The molecule has 1 amide bonds. The number of hydrogen-bond acceptors (Lipinski definition) is 4. The van der Waals surface area contributed by atoms with Gasteiger partial charge in [-0.15, -0.1) is 0 Å². The van der Waals surface area contributed by atoms with E-state index in [0.29, 0.717) is 18.4 Å². The van der Waals surface area contributed by atoms with Crippen molar-refractivity contribution in [3.8, 4) is 0 Å². The second-order valence-corrected chi connectivity index (χ2v) is 5.55. The number of rotatable bonds is 7. The van der Waals surface area contributed by atoms with Crippen LogP contribution in [0.1, 0.15) is 36.2 Å². The van der Waals surface area contributed by atoms with Gasteiger partial charge in [-0.05, 0) is 29.2 Å². The van der Waals surface area contributed by atoms with Crippen LogP contribution < -0.4 is 5.32 Å². The summed E-state index contributed by atoms with van der Waals surface area (Å²) in [6.07, 6.45) is 1.37. The molecule has 2 aromatic rings. The highest BCUT2D eigenvalue weighted by molar-refractivity contribution is 6.09. The van der Waals surface area contributed by atoms with Crippen LogP contribution in [0.25, 0.3) is 10.8 Å². The van der Waals surface area contributed by atoms with E-state index in [1.54, 1.807) is 0 Å². The Bertz CT molecular complexity index is 726. The molecule has 5 nitrogen and oxygen atoms in total. The monoisotopic (exact) mass is 329 g/mol. The molecule has 0 saturated heterocycles. The molecule has 128 valence electrons. The number of fused-ring (bicyclic) bond motifs is 1. The van der Waals surface area contributed by atoms with Crippen LogP contribution in [-0.2, 0) is 16.0 Å². The van der Waals surface area contributed by atoms with Gasteiger partial charge in [0.2, 0.25) is 0 Å². The highest BCUT2D eigenvalue weighted by atomic mass is 16.5. The summed E-state index contributed by atoms with van der Waals surface area (Å²) in [5.41, 5.74) is 1.43.